The van der Waals surface area contributed by atoms with E-state index in [1.165, 1.54) is 6.42 Å². The van der Waals surface area contributed by atoms with Crippen LogP contribution < -0.4 is 0 Å². The quantitative estimate of drug-likeness (QED) is 0.522. The second-order valence-corrected chi connectivity index (χ2v) is 2.95. The van der Waals surface area contributed by atoms with E-state index in [1.54, 1.807) is 0 Å². The average molecular weight is 138 g/mol. The van der Waals surface area contributed by atoms with E-state index in [1.807, 2.05) is 6.08 Å². The van der Waals surface area contributed by atoms with Gasteiger partial charge in [0.2, 0.25) is 0 Å². The fourth-order valence-electron chi connectivity index (χ4n) is 1.09. The van der Waals surface area contributed by atoms with Gasteiger partial charge in [0.05, 0.1) is 0 Å². The van der Waals surface area contributed by atoms with Crippen LogP contribution in [0.3, 0.4) is 0 Å². The maximum Gasteiger partial charge on any atom is -0.0257 e. The molecular formula is C10H18. The molecule has 10 heavy (non-hydrogen) atoms. The van der Waals surface area contributed by atoms with Crippen molar-refractivity contribution >= 4 is 0 Å². The summed E-state index contributed by atoms with van der Waals surface area (Å²) >= 11 is 0. The van der Waals surface area contributed by atoms with Crippen LogP contribution in [0.1, 0.15) is 27.2 Å². The van der Waals surface area contributed by atoms with Crippen molar-refractivity contribution in [2.75, 3.05) is 0 Å². The Morgan fingerprint density at radius 3 is 2.30 bits per heavy atom. The number of allylic oxidation sites excluding steroid dienone is 3. The van der Waals surface area contributed by atoms with Crippen LogP contribution in [-0.4, -0.2) is 0 Å². The standard InChI is InChI=1S/C10H18/c1-5-7-10(4)8-9(3)6-2/h5-7,9-10H,2,8H2,1,3-4H3. The van der Waals surface area contributed by atoms with E-state index >= 15 is 0 Å². The zero-order valence-electron chi connectivity index (χ0n) is 7.30. The Kier molecular flexibility index (Phi) is 5.00. The van der Waals surface area contributed by atoms with Gasteiger partial charge in [-0.1, -0.05) is 32.1 Å². The summed E-state index contributed by atoms with van der Waals surface area (Å²) in [6.07, 6.45) is 7.58. The third-order valence-corrected chi connectivity index (χ3v) is 1.67. The second-order valence-electron chi connectivity index (χ2n) is 2.95. The first-order chi connectivity index (χ1) is 4.70. The minimum atomic E-state index is 0.645. The maximum absolute atomic E-state index is 3.75. The van der Waals surface area contributed by atoms with Crippen LogP contribution in [0.2, 0.25) is 0 Å². The van der Waals surface area contributed by atoms with Gasteiger partial charge in [-0.05, 0) is 25.2 Å². The molecular weight excluding hydrogens is 120 g/mol. The third-order valence-electron chi connectivity index (χ3n) is 1.67. The lowest BCUT2D eigenvalue weighted by Crippen LogP contribution is -1.96. The van der Waals surface area contributed by atoms with Crippen molar-refractivity contribution in [1.29, 1.82) is 0 Å². The zero-order chi connectivity index (χ0) is 7.98. The Morgan fingerprint density at radius 1 is 1.30 bits per heavy atom. The van der Waals surface area contributed by atoms with Gasteiger partial charge < -0.3 is 0 Å². The second kappa shape index (κ2) is 5.28. The summed E-state index contributed by atoms with van der Waals surface area (Å²) in [7, 11) is 0. The van der Waals surface area contributed by atoms with Gasteiger partial charge in [-0.2, -0.15) is 0 Å². The Morgan fingerprint density at radius 2 is 1.90 bits per heavy atom. The molecule has 0 nitrogen and oxygen atoms in total. The molecule has 0 fully saturated rings. The van der Waals surface area contributed by atoms with E-state index in [4.69, 9.17) is 0 Å². The van der Waals surface area contributed by atoms with Gasteiger partial charge in [0.25, 0.3) is 0 Å². The summed E-state index contributed by atoms with van der Waals surface area (Å²) in [5.74, 6) is 1.34. The van der Waals surface area contributed by atoms with Crippen molar-refractivity contribution in [3.05, 3.63) is 24.8 Å². The highest BCUT2D eigenvalue weighted by atomic mass is 14.1. The minimum Gasteiger partial charge on any atom is -0.103 e. The molecule has 0 aliphatic heterocycles. The summed E-state index contributed by atoms with van der Waals surface area (Å²) in [4.78, 5) is 0. The molecule has 0 saturated heterocycles. The summed E-state index contributed by atoms with van der Waals surface area (Å²) in [6.45, 7) is 10.3. The predicted octanol–water partition coefficient (Wildman–Crippen LogP) is 3.41. The summed E-state index contributed by atoms with van der Waals surface area (Å²) in [6, 6.07) is 0. The first-order valence-corrected chi connectivity index (χ1v) is 3.96. The Labute approximate surface area is 64.6 Å². The first-order valence-electron chi connectivity index (χ1n) is 3.96. The number of rotatable bonds is 4. The lowest BCUT2D eigenvalue weighted by molar-refractivity contribution is 0.544. The lowest BCUT2D eigenvalue weighted by Gasteiger charge is -2.08. The van der Waals surface area contributed by atoms with Crippen molar-refractivity contribution in [2.45, 2.75) is 27.2 Å². The fraction of sp³-hybridized carbons (Fsp3) is 0.600. The maximum atomic E-state index is 3.75. The molecule has 0 radical (unpaired) electrons. The van der Waals surface area contributed by atoms with Crippen LogP contribution in [0.4, 0.5) is 0 Å². The fourth-order valence-corrected chi connectivity index (χ4v) is 1.09. The normalized spacial score (nSPS) is 17.1. The summed E-state index contributed by atoms with van der Waals surface area (Å²) < 4.78 is 0. The molecule has 0 aromatic carbocycles. The molecule has 58 valence electrons. The van der Waals surface area contributed by atoms with Crippen molar-refractivity contribution in [3.63, 3.8) is 0 Å². The monoisotopic (exact) mass is 138 g/mol. The molecule has 0 aliphatic rings. The molecule has 0 spiro atoms. The SMILES string of the molecule is C=CC(C)CC(C)C=CC. The van der Waals surface area contributed by atoms with Gasteiger partial charge in [-0.3, -0.25) is 0 Å². The van der Waals surface area contributed by atoms with Crippen molar-refractivity contribution in [1.82, 2.24) is 0 Å². The minimum absolute atomic E-state index is 0.645. The van der Waals surface area contributed by atoms with Gasteiger partial charge in [-0.25, -0.2) is 0 Å². The largest absolute Gasteiger partial charge is 0.103 e. The highest BCUT2D eigenvalue weighted by Crippen LogP contribution is 2.12. The molecule has 0 rings (SSSR count). The molecule has 0 amide bonds. The molecule has 2 atom stereocenters. The third kappa shape index (κ3) is 4.37. The molecule has 0 aromatic heterocycles. The summed E-state index contributed by atoms with van der Waals surface area (Å²) in [5.41, 5.74) is 0. The molecule has 0 N–H and O–H groups in total. The molecule has 0 heterocycles. The first kappa shape index (κ1) is 9.48. The van der Waals surface area contributed by atoms with E-state index in [0.29, 0.717) is 11.8 Å². The highest BCUT2D eigenvalue weighted by molar-refractivity contribution is 4.86. The van der Waals surface area contributed by atoms with Gasteiger partial charge in [0.15, 0.2) is 0 Å². The summed E-state index contributed by atoms with van der Waals surface area (Å²) in [5, 5.41) is 0. The van der Waals surface area contributed by atoms with Crippen molar-refractivity contribution in [3.8, 4) is 0 Å². The van der Waals surface area contributed by atoms with Gasteiger partial charge >= 0.3 is 0 Å². The zero-order valence-corrected chi connectivity index (χ0v) is 7.30. The van der Waals surface area contributed by atoms with Crippen LogP contribution in [0.5, 0.6) is 0 Å². The molecule has 0 heteroatoms. The van der Waals surface area contributed by atoms with E-state index < -0.39 is 0 Å². The van der Waals surface area contributed by atoms with Crippen LogP contribution in [0.25, 0.3) is 0 Å². The van der Waals surface area contributed by atoms with E-state index in [-0.39, 0.29) is 0 Å². The van der Waals surface area contributed by atoms with Crippen LogP contribution >= 0.6 is 0 Å². The van der Waals surface area contributed by atoms with Gasteiger partial charge in [0.1, 0.15) is 0 Å². The van der Waals surface area contributed by atoms with E-state index in [9.17, 15) is 0 Å². The molecule has 0 bridgehead atoms. The van der Waals surface area contributed by atoms with Crippen molar-refractivity contribution in [2.24, 2.45) is 11.8 Å². The van der Waals surface area contributed by atoms with E-state index in [0.717, 1.165) is 0 Å². The Balaban J connectivity index is 3.55. The van der Waals surface area contributed by atoms with Gasteiger partial charge in [-0.15, -0.1) is 6.58 Å². The average Bonchev–Trinajstić information content (AvgIpc) is 1.88. The lowest BCUT2D eigenvalue weighted by atomic mass is 9.97. The van der Waals surface area contributed by atoms with Crippen LogP contribution in [0, 0.1) is 11.8 Å². The predicted molar refractivity (Wildman–Crippen MR) is 48.0 cm³/mol. The number of hydrogen-bond acceptors (Lipinski definition) is 0. The van der Waals surface area contributed by atoms with Crippen LogP contribution in [0.15, 0.2) is 24.8 Å². The van der Waals surface area contributed by atoms with Crippen molar-refractivity contribution < 1.29 is 0 Å². The smallest absolute Gasteiger partial charge is 0.0257 e. The molecule has 0 aliphatic carbocycles. The number of hydrogen-bond donors (Lipinski definition) is 0. The topological polar surface area (TPSA) is 0 Å². The Hall–Kier alpha value is -0.520. The highest BCUT2D eigenvalue weighted by Gasteiger charge is 2.00. The molecule has 0 saturated carbocycles. The molecule has 0 aromatic rings. The Bertz CT molecular complexity index is 111. The van der Waals surface area contributed by atoms with E-state index in [2.05, 4.69) is 39.5 Å². The van der Waals surface area contributed by atoms with Crippen LogP contribution in [-0.2, 0) is 0 Å². The molecule has 2 unspecified atom stereocenters. The van der Waals surface area contributed by atoms with Gasteiger partial charge in [0, 0.05) is 0 Å².